The third kappa shape index (κ3) is 4.09. The molecular formula is C22H25FO2. The van der Waals surface area contributed by atoms with E-state index < -0.39 is 5.97 Å². The first-order valence-corrected chi connectivity index (χ1v) is 9.21. The maximum absolute atomic E-state index is 14.6. The van der Waals surface area contributed by atoms with Gasteiger partial charge in [0.2, 0.25) is 0 Å². The van der Waals surface area contributed by atoms with Gasteiger partial charge in [-0.15, -0.1) is 0 Å². The molecule has 0 aromatic heterocycles. The van der Waals surface area contributed by atoms with Gasteiger partial charge in [-0.05, 0) is 66.8 Å². The van der Waals surface area contributed by atoms with Crippen LogP contribution in [0.25, 0.3) is 11.1 Å². The Morgan fingerprint density at radius 2 is 1.76 bits per heavy atom. The molecule has 0 aliphatic heterocycles. The van der Waals surface area contributed by atoms with Crippen molar-refractivity contribution in [2.24, 2.45) is 5.92 Å². The average molecular weight is 340 g/mol. The first-order valence-electron chi connectivity index (χ1n) is 9.21. The molecule has 2 aromatic rings. The van der Waals surface area contributed by atoms with Crippen LogP contribution in [0, 0.1) is 11.7 Å². The molecule has 3 rings (SSSR count). The summed E-state index contributed by atoms with van der Waals surface area (Å²) in [6, 6.07) is 11.9. The van der Waals surface area contributed by atoms with Gasteiger partial charge in [0.15, 0.2) is 0 Å². The van der Waals surface area contributed by atoms with E-state index in [1.807, 2.05) is 12.1 Å². The lowest BCUT2D eigenvalue weighted by atomic mass is 9.77. The summed E-state index contributed by atoms with van der Waals surface area (Å²) in [7, 11) is 0. The van der Waals surface area contributed by atoms with E-state index in [9.17, 15) is 9.18 Å². The molecule has 0 unspecified atom stereocenters. The molecule has 2 nitrogen and oxygen atoms in total. The van der Waals surface area contributed by atoms with Gasteiger partial charge in [0.05, 0.1) is 5.56 Å². The van der Waals surface area contributed by atoms with Crippen molar-refractivity contribution < 1.29 is 14.3 Å². The molecule has 0 amide bonds. The molecule has 0 saturated heterocycles. The fourth-order valence-electron chi connectivity index (χ4n) is 4.00. The van der Waals surface area contributed by atoms with Crippen LogP contribution in [-0.4, -0.2) is 11.1 Å². The first kappa shape index (κ1) is 17.7. The fraction of sp³-hybridized carbons (Fsp3) is 0.409. The van der Waals surface area contributed by atoms with Crippen molar-refractivity contribution in [3.8, 4) is 11.1 Å². The summed E-state index contributed by atoms with van der Waals surface area (Å²) in [5.41, 5.74) is 2.55. The largest absolute Gasteiger partial charge is 0.478 e. The van der Waals surface area contributed by atoms with Gasteiger partial charge in [0.1, 0.15) is 5.82 Å². The van der Waals surface area contributed by atoms with Gasteiger partial charge in [-0.2, -0.15) is 0 Å². The molecule has 0 bridgehead atoms. The van der Waals surface area contributed by atoms with E-state index in [1.165, 1.54) is 37.8 Å². The minimum absolute atomic E-state index is 0.213. The Morgan fingerprint density at radius 3 is 2.32 bits per heavy atom. The molecule has 0 spiro atoms. The zero-order chi connectivity index (χ0) is 17.8. The number of carboxylic acid groups (broad SMARTS) is 1. The Morgan fingerprint density at radius 1 is 1.08 bits per heavy atom. The third-order valence-corrected chi connectivity index (χ3v) is 5.45. The van der Waals surface area contributed by atoms with Crippen LogP contribution in [0.5, 0.6) is 0 Å². The summed E-state index contributed by atoms with van der Waals surface area (Å²) in [6.45, 7) is 2.24. The number of carboxylic acids is 1. The topological polar surface area (TPSA) is 37.3 Å². The maximum atomic E-state index is 14.6. The molecular weight excluding hydrogens is 315 g/mol. The minimum Gasteiger partial charge on any atom is -0.478 e. The lowest BCUT2D eigenvalue weighted by Crippen LogP contribution is -2.13. The zero-order valence-corrected chi connectivity index (χ0v) is 14.7. The van der Waals surface area contributed by atoms with Crippen LogP contribution in [0.1, 0.15) is 67.3 Å². The maximum Gasteiger partial charge on any atom is 0.335 e. The molecule has 25 heavy (non-hydrogen) atoms. The Labute approximate surface area is 148 Å². The summed E-state index contributed by atoms with van der Waals surface area (Å²) in [6.07, 6.45) is 7.36. The van der Waals surface area contributed by atoms with Crippen molar-refractivity contribution in [3.63, 3.8) is 0 Å². The second-order valence-electron chi connectivity index (χ2n) is 7.13. The van der Waals surface area contributed by atoms with Crippen LogP contribution in [0.3, 0.4) is 0 Å². The van der Waals surface area contributed by atoms with Crippen molar-refractivity contribution in [3.05, 3.63) is 59.4 Å². The highest BCUT2D eigenvalue weighted by Gasteiger charge is 2.22. The Kier molecular flexibility index (Phi) is 5.52. The number of carbonyl (C=O) groups is 1. The third-order valence-electron chi connectivity index (χ3n) is 5.45. The highest BCUT2D eigenvalue weighted by Crippen LogP contribution is 2.38. The second kappa shape index (κ2) is 7.81. The van der Waals surface area contributed by atoms with E-state index in [1.54, 1.807) is 18.2 Å². The van der Waals surface area contributed by atoms with E-state index in [2.05, 4.69) is 6.92 Å². The molecule has 132 valence electrons. The number of benzene rings is 2. The lowest BCUT2D eigenvalue weighted by Gasteiger charge is -2.28. The second-order valence-corrected chi connectivity index (χ2v) is 7.13. The van der Waals surface area contributed by atoms with E-state index in [0.29, 0.717) is 17.0 Å². The van der Waals surface area contributed by atoms with Crippen molar-refractivity contribution in [1.82, 2.24) is 0 Å². The average Bonchev–Trinajstić information content (AvgIpc) is 2.63. The van der Waals surface area contributed by atoms with Gasteiger partial charge in [-0.25, -0.2) is 9.18 Å². The van der Waals surface area contributed by atoms with Gasteiger partial charge in [-0.1, -0.05) is 44.0 Å². The summed E-state index contributed by atoms with van der Waals surface area (Å²) >= 11 is 0. The molecule has 3 heteroatoms. The molecule has 1 aliphatic rings. The van der Waals surface area contributed by atoms with Crippen molar-refractivity contribution in [1.29, 1.82) is 0 Å². The minimum atomic E-state index is -0.971. The normalized spacial score (nSPS) is 20.4. The lowest BCUT2D eigenvalue weighted by molar-refractivity contribution is 0.0697. The summed E-state index contributed by atoms with van der Waals surface area (Å²) in [5.74, 6) is 0.112. The van der Waals surface area contributed by atoms with E-state index >= 15 is 0 Å². The highest BCUT2D eigenvalue weighted by molar-refractivity contribution is 5.88. The standard InChI is InChI=1S/C22H25FO2/c1-2-3-15-4-6-16(7-5-15)19-12-13-20(21(23)14-19)17-8-10-18(11-9-17)22(24)25/h8-16H,2-7H2,1H3,(H,24,25)/t15-,16-. The van der Waals surface area contributed by atoms with Gasteiger partial charge in [0.25, 0.3) is 0 Å². The molecule has 1 saturated carbocycles. The fourth-order valence-corrected chi connectivity index (χ4v) is 4.00. The SMILES string of the molecule is CCC[C@H]1CC[C@H](c2ccc(-c3ccc(C(=O)O)cc3)c(F)c2)CC1. The van der Waals surface area contributed by atoms with Crippen LogP contribution < -0.4 is 0 Å². The quantitative estimate of drug-likeness (QED) is 0.697. The van der Waals surface area contributed by atoms with Crippen molar-refractivity contribution >= 4 is 5.97 Å². The Balaban J connectivity index is 1.74. The predicted molar refractivity (Wildman–Crippen MR) is 98.4 cm³/mol. The molecule has 1 N–H and O–H groups in total. The number of rotatable bonds is 5. The number of hydrogen-bond acceptors (Lipinski definition) is 1. The van der Waals surface area contributed by atoms with Crippen molar-refractivity contribution in [2.75, 3.05) is 0 Å². The van der Waals surface area contributed by atoms with E-state index in [4.69, 9.17) is 5.11 Å². The van der Waals surface area contributed by atoms with Crippen LogP contribution in [0.2, 0.25) is 0 Å². The zero-order valence-electron chi connectivity index (χ0n) is 14.7. The number of hydrogen-bond donors (Lipinski definition) is 1. The smallest absolute Gasteiger partial charge is 0.335 e. The predicted octanol–water partition coefficient (Wildman–Crippen LogP) is 6.26. The van der Waals surface area contributed by atoms with Crippen LogP contribution >= 0.6 is 0 Å². The first-order chi connectivity index (χ1) is 12.1. The van der Waals surface area contributed by atoms with E-state index in [0.717, 1.165) is 24.3 Å². The van der Waals surface area contributed by atoms with Crippen molar-refractivity contribution in [2.45, 2.75) is 51.4 Å². The Hall–Kier alpha value is -2.16. The van der Waals surface area contributed by atoms with Gasteiger partial charge < -0.3 is 5.11 Å². The summed E-state index contributed by atoms with van der Waals surface area (Å²) in [4.78, 5) is 10.9. The summed E-state index contributed by atoms with van der Waals surface area (Å²) < 4.78 is 14.6. The van der Waals surface area contributed by atoms with Gasteiger partial charge in [0, 0.05) is 5.56 Å². The number of halogens is 1. The molecule has 0 heterocycles. The van der Waals surface area contributed by atoms with Crippen LogP contribution in [0.4, 0.5) is 4.39 Å². The molecule has 2 aromatic carbocycles. The summed E-state index contributed by atoms with van der Waals surface area (Å²) in [5, 5.41) is 8.96. The molecule has 0 radical (unpaired) electrons. The highest BCUT2D eigenvalue weighted by atomic mass is 19.1. The van der Waals surface area contributed by atoms with Crippen LogP contribution in [-0.2, 0) is 0 Å². The van der Waals surface area contributed by atoms with Gasteiger partial charge >= 0.3 is 5.97 Å². The van der Waals surface area contributed by atoms with Gasteiger partial charge in [-0.3, -0.25) is 0 Å². The number of aromatic carboxylic acids is 1. The van der Waals surface area contributed by atoms with E-state index in [-0.39, 0.29) is 11.4 Å². The molecule has 1 aliphatic carbocycles. The molecule has 1 fully saturated rings. The van der Waals surface area contributed by atoms with Crippen LogP contribution in [0.15, 0.2) is 42.5 Å². The molecule has 0 atom stereocenters. The monoisotopic (exact) mass is 340 g/mol. The Bertz CT molecular complexity index is 728.